The molecule has 0 saturated carbocycles. The Hall–Kier alpha value is -2.89. The van der Waals surface area contributed by atoms with Crippen LogP contribution in [0.4, 0.5) is 16.2 Å². The number of hydrogen-bond donors (Lipinski definition) is 3. The minimum Gasteiger partial charge on any atom is -0.465 e. The van der Waals surface area contributed by atoms with Gasteiger partial charge in [-0.3, -0.25) is 15.1 Å². The summed E-state index contributed by atoms with van der Waals surface area (Å²) in [5.74, 6) is -0.271. The largest absolute Gasteiger partial charge is 0.465 e. The topological polar surface area (TPSA) is 91.3 Å². The fourth-order valence-electron chi connectivity index (χ4n) is 1.46. The van der Waals surface area contributed by atoms with Crippen LogP contribution in [0.15, 0.2) is 48.8 Å². The van der Waals surface area contributed by atoms with Crippen molar-refractivity contribution in [2.24, 2.45) is 0 Å². The van der Waals surface area contributed by atoms with Crippen molar-refractivity contribution in [3.8, 4) is 0 Å². The van der Waals surface area contributed by atoms with Crippen molar-refractivity contribution >= 4 is 23.4 Å². The second-order valence-corrected chi connectivity index (χ2v) is 3.70. The highest BCUT2D eigenvalue weighted by molar-refractivity contribution is 6.04. The van der Waals surface area contributed by atoms with Gasteiger partial charge in [0.1, 0.15) is 0 Å². The van der Waals surface area contributed by atoms with Crippen LogP contribution in [0.5, 0.6) is 0 Å². The van der Waals surface area contributed by atoms with Gasteiger partial charge < -0.3 is 10.4 Å². The molecular weight excluding hydrogens is 246 g/mol. The number of carbonyl (C=O) groups excluding carboxylic acids is 1. The van der Waals surface area contributed by atoms with Gasteiger partial charge in [0.25, 0.3) is 5.91 Å². The number of anilines is 2. The van der Waals surface area contributed by atoms with Crippen molar-refractivity contribution < 1.29 is 14.7 Å². The summed E-state index contributed by atoms with van der Waals surface area (Å²) in [6.45, 7) is 0. The molecule has 0 radical (unpaired) electrons. The number of nitrogens with zero attached hydrogens (tertiary/aromatic N) is 1. The van der Waals surface area contributed by atoms with Gasteiger partial charge in [-0.05, 0) is 36.4 Å². The Balaban J connectivity index is 2.04. The van der Waals surface area contributed by atoms with Crippen LogP contribution in [0.2, 0.25) is 0 Å². The van der Waals surface area contributed by atoms with Gasteiger partial charge in [0.05, 0.1) is 5.56 Å². The summed E-state index contributed by atoms with van der Waals surface area (Å²) < 4.78 is 0. The number of benzene rings is 1. The normalized spacial score (nSPS) is 9.68. The van der Waals surface area contributed by atoms with Gasteiger partial charge in [-0.25, -0.2) is 4.79 Å². The standard InChI is InChI=1S/C13H11N3O3/c17-12(9-2-1-7-14-8-9)15-10-3-5-11(6-4-10)16-13(18)19/h1-8,16H,(H,15,17)(H,18,19). The molecule has 0 saturated heterocycles. The van der Waals surface area contributed by atoms with Gasteiger partial charge in [-0.15, -0.1) is 0 Å². The first kappa shape index (κ1) is 12.6. The molecule has 96 valence electrons. The Morgan fingerprint density at radius 3 is 2.16 bits per heavy atom. The summed E-state index contributed by atoms with van der Waals surface area (Å²) in [6.07, 6.45) is 1.92. The van der Waals surface area contributed by atoms with E-state index in [4.69, 9.17) is 5.11 Å². The van der Waals surface area contributed by atoms with Crippen molar-refractivity contribution in [2.75, 3.05) is 10.6 Å². The number of carboxylic acid groups (broad SMARTS) is 1. The molecule has 0 aliphatic rings. The molecule has 0 atom stereocenters. The van der Waals surface area contributed by atoms with Crippen LogP contribution in [0.1, 0.15) is 10.4 Å². The Morgan fingerprint density at radius 2 is 1.63 bits per heavy atom. The maximum Gasteiger partial charge on any atom is 0.409 e. The highest BCUT2D eigenvalue weighted by Gasteiger charge is 2.05. The first-order chi connectivity index (χ1) is 9.15. The molecule has 6 nitrogen and oxygen atoms in total. The van der Waals surface area contributed by atoms with E-state index in [1.165, 1.54) is 6.20 Å². The maximum atomic E-state index is 11.8. The van der Waals surface area contributed by atoms with Crippen LogP contribution >= 0.6 is 0 Å². The van der Waals surface area contributed by atoms with Gasteiger partial charge in [0.2, 0.25) is 0 Å². The monoisotopic (exact) mass is 257 g/mol. The van der Waals surface area contributed by atoms with Gasteiger partial charge in [-0.1, -0.05) is 0 Å². The van der Waals surface area contributed by atoms with E-state index in [2.05, 4.69) is 15.6 Å². The Morgan fingerprint density at radius 1 is 1.00 bits per heavy atom. The number of carbonyl (C=O) groups is 2. The summed E-state index contributed by atoms with van der Waals surface area (Å²) >= 11 is 0. The van der Waals surface area contributed by atoms with Crippen molar-refractivity contribution in [1.29, 1.82) is 0 Å². The number of pyridine rings is 1. The van der Waals surface area contributed by atoms with E-state index in [0.717, 1.165) is 0 Å². The molecule has 1 aromatic heterocycles. The number of rotatable bonds is 3. The van der Waals surface area contributed by atoms with Crippen LogP contribution in [-0.4, -0.2) is 22.1 Å². The van der Waals surface area contributed by atoms with E-state index in [0.29, 0.717) is 16.9 Å². The van der Waals surface area contributed by atoms with E-state index >= 15 is 0 Å². The van der Waals surface area contributed by atoms with Crippen molar-refractivity contribution in [1.82, 2.24) is 4.98 Å². The highest BCUT2D eigenvalue weighted by atomic mass is 16.4. The van der Waals surface area contributed by atoms with Crippen molar-refractivity contribution in [3.63, 3.8) is 0 Å². The van der Waals surface area contributed by atoms with Gasteiger partial charge in [-0.2, -0.15) is 0 Å². The van der Waals surface area contributed by atoms with Crippen molar-refractivity contribution in [2.45, 2.75) is 0 Å². The lowest BCUT2D eigenvalue weighted by atomic mass is 10.2. The quantitative estimate of drug-likeness (QED) is 0.787. The van der Waals surface area contributed by atoms with E-state index in [1.807, 2.05) is 0 Å². The number of aromatic nitrogens is 1. The third-order valence-corrected chi connectivity index (χ3v) is 2.32. The van der Waals surface area contributed by atoms with Crippen LogP contribution < -0.4 is 10.6 Å². The molecule has 19 heavy (non-hydrogen) atoms. The van der Waals surface area contributed by atoms with Gasteiger partial charge >= 0.3 is 6.09 Å². The predicted molar refractivity (Wildman–Crippen MR) is 70.3 cm³/mol. The second-order valence-electron chi connectivity index (χ2n) is 3.70. The molecule has 0 bridgehead atoms. The van der Waals surface area contributed by atoms with Gasteiger partial charge in [0.15, 0.2) is 0 Å². The minimum atomic E-state index is -1.13. The molecule has 0 unspecified atom stereocenters. The maximum absolute atomic E-state index is 11.8. The average molecular weight is 257 g/mol. The Labute approximate surface area is 109 Å². The molecule has 0 fully saturated rings. The Bertz CT molecular complexity index is 582. The molecule has 0 aliphatic carbocycles. The summed E-state index contributed by atoms with van der Waals surface area (Å²) in [7, 11) is 0. The molecule has 6 heteroatoms. The SMILES string of the molecule is O=C(O)Nc1ccc(NC(=O)c2cccnc2)cc1. The lowest BCUT2D eigenvalue weighted by molar-refractivity contribution is 0.102. The van der Waals surface area contributed by atoms with Crippen LogP contribution in [-0.2, 0) is 0 Å². The number of nitrogens with one attached hydrogen (secondary N) is 2. The lowest BCUT2D eigenvalue weighted by Gasteiger charge is -2.06. The highest BCUT2D eigenvalue weighted by Crippen LogP contribution is 2.14. The summed E-state index contributed by atoms with van der Waals surface area (Å²) in [6, 6.07) is 9.68. The number of hydrogen-bond acceptors (Lipinski definition) is 3. The molecule has 0 aliphatic heterocycles. The van der Waals surface area contributed by atoms with Crippen LogP contribution in [0.3, 0.4) is 0 Å². The lowest BCUT2D eigenvalue weighted by Crippen LogP contribution is -2.12. The predicted octanol–water partition coefficient (Wildman–Crippen LogP) is 2.42. The van der Waals surface area contributed by atoms with Crippen molar-refractivity contribution in [3.05, 3.63) is 54.4 Å². The Kier molecular flexibility index (Phi) is 3.72. The molecule has 0 spiro atoms. The fourth-order valence-corrected chi connectivity index (χ4v) is 1.46. The van der Waals surface area contributed by atoms with E-state index in [-0.39, 0.29) is 5.91 Å². The number of amides is 2. The molecule has 2 amide bonds. The van der Waals surface area contributed by atoms with E-state index in [1.54, 1.807) is 42.6 Å². The molecule has 2 rings (SSSR count). The summed E-state index contributed by atoms with van der Waals surface area (Å²) in [5.41, 5.74) is 1.46. The summed E-state index contributed by atoms with van der Waals surface area (Å²) in [5, 5.41) is 13.4. The molecule has 3 N–H and O–H groups in total. The minimum absolute atomic E-state index is 0.271. The second kappa shape index (κ2) is 5.63. The molecule has 1 heterocycles. The smallest absolute Gasteiger partial charge is 0.409 e. The van der Waals surface area contributed by atoms with Crippen LogP contribution in [0.25, 0.3) is 0 Å². The summed E-state index contributed by atoms with van der Waals surface area (Å²) in [4.78, 5) is 26.1. The zero-order valence-corrected chi connectivity index (χ0v) is 9.83. The molecule has 2 aromatic rings. The fraction of sp³-hybridized carbons (Fsp3) is 0. The zero-order chi connectivity index (χ0) is 13.7. The first-order valence-electron chi connectivity index (χ1n) is 5.46. The van der Waals surface area contributed by atoms with Gasteiger partial charge in [0, 0.05) is 23.8 Å². The van der Waals surface area contributed by atoms with E-state index < -0.39 is 6.09 Å². The van der Waals surface area contributed by atoms with E-state index in [9.17, 15) is 9.59 Å². The third kappa shape index (κ3) is 3.53. The average Bonchev–Trinajstić information content (AvgIpc) is 2.41. The van der Waals surface area contributed by atoms with Crippen LogP contribution in [0, 0.1) is 0 Å². The molecular formula is C13H11N3O3. The zero-order valence-electron chi connectivity index (χ0n) is 9.83. The molecule has 1 aromatic carbocycles. The first-order valence-corrected chi connectivity index (χ1v) is 5.46. The third-order valence-electron chi connectivity index (χ3n) is 2.32.